The maximum Gasteiger partial charge on any atom is 0.246 e. The van der Waals surface area contributed by atoms with Gasteiger partial charge in [-0.1, -0.05) is 6.92 Å². The molecule has 1 N–H and O–H groups in total. The number of piperidine rings is 1. The van der Waals surface area contributed by atoms with E-state index in [0.29, 0.717) is 25.4 Å². The van der Waals surface area contributed by atoms with Crippen LogP contribution in [0.3, 0.4) is 0 Å². The molecule has 0 amide bonds. The minimum absolute atomic E-state index is 0.0320. The van der Waals surface area contributed by atoms with Gasteiger partial charge in [0.2, 0.25) is 10.0 Å². The second-order valence-electron chi connectivity index (χ2n) is 5.61. The van der Waals surface area contributed by atoms with Crippen LogP contribution in [0.4, 0.5) is 0 Å². The zero-order valence-electron chi connectivity index (χ0n) is 12.1. The van der Waals surface area contributed by atoms with Gasteiger partial charge in [-0.2, -0.15) is 9.40 Å². The highest BCUT2D eigenvalue weighted by molar-refractivity contribution is 7.89. The van der Waals surface area contributed by atoms with E-state index in [0.717, 1.165) is 12.8 Å². The quantitative estimate of drug-likeness (QED) is 0.883. The van der Waals surface area contributed by atoms with Crippen LogP contribution in [-0.4, -0.2) is 46.8 Å². The SMILES string of the molecule is CC1CCN(S(=O)(=O)c2cnn(CCCO)c2)C(C)C1. The van der Waals surface area contributed by atoms with E-state index in [-0.39, 0.29) is 17.5 Å². The minimum atomic E-state index is -3.45. The summed E-state index contributed by atoms with van der Waals surface area (Å²) < 4.78 is 28.4. The Balaban J connectivity index is 2.15. The van der Waals surface area contributed by atoms with E-state index in [1.165, 1.54) is 6.20 Å². The Labute approximate surface area is 120 Å². The summed E-state index contributed by atoms with van der Waals surface area (Å²) in [7, 11) is -3.45. The van der Waals surface area contributed by atoms with Crippen molar-refractivity contribution in [3.8, 4) is 0 Å². The lowest BCUT2D eigenvalue weighted by Crippen LogP contribution is -2.43. The van der Waals surface area contributed by atoms with Crippen LogP contribution >= 0.6 is 0 Å². The van der Waals surface area contributed by atoms with E-state index in [4.69, 9.17) is 5.11 Å². The smallest absolute Gasteiger partial charge is 0.246 e. The number of hydrogen-bond donors (Lipinski definition) is 1. The summed E-state index contributed by atoms with van der Waals surface area (Å²) in [5, 5.41) is 12.8. The molecule has 1 fully saturated rings. The van der Waals surface area contributed by atoms with Gasteiger partial charge in [0.15, 0.2) is 0 Å². The fourth-order valence-electron chi connectivity index (χ4n) is 2.71. The van der Waals surface area contributed by atoms with Gasteiger partial charge in [-0.3, -0.25) is 4.68 Å². The van der Waals surface area contributed by atoms with Crippen LogP contribution in [0.5, 0.6) is 0 Å². The van der Waals surface area contributed by atoms with Gasteiger partial charge < -0.3 is 5.11 Å². The summed E-state index contributed by atoms with van der Waals surface area (Å²) in [5.74, 6) is 0.573. The van der Waals surface area contributed by atoms with Crippen LogP contribution in [0.2, 0.25) is 0 Å². The average molecular weight is 301 g/mol. The third-order valence-corrected chi connectivity index (χ3v) is 5.81. The lowest BCUT2D eigenvalue weighted by molar-refractivity contribution is 0.220. The lowest BCUT2D eigenvalue weighted by Gasteiger charge is -2.35. The van der Waals surface area contributed by atoms with Gasteiger partial charge in [-0.15, -0.1) is 0 Å². The Morgan fingerprint density at radius 3 is 2.85 bits per heavy atom. The molecule has 0 bridgehead atoms. The molecule has 1 aromatic heterocycles. The molecule has 7 heteroatoms. The second-order valence-corrected chi connectivity index (χ2v) is 7.50. The number of rotatable bonds is 5. The molecule has 0 spiro atoms. The number of aliphatic hydroxyl groups is 1. The van der Waals surface area contributed by atoms with Gasteiger partial charge >= 0.3 is 0 Å². The molecule has 2 rings (SSSR count). The van der Waals surface area contributed by atoms with Crippen molar-refractivity contribution in [2.45, 2.75) is 50.6 Å². The van der Waals surface area contributed by atoms with E-state index < -0.39 is 10.0 Å². The van der Waals surface area contributed by atoms with E-state index in [9.17, 15) is 8.42 Å². The Morgan fingerprint density at radius 2 is 2.20 bits per heavy atom. The largest absolute Gasteiger partial charge is 0.396 e. The van der Waals surface area contributed by atoms with Crippen molar-refractivity contribution < 1.29 is 13.5 Å². The van der Waals surface area contributed by atoms with Crippen molar-refractivity contribution in [1.82, 2.24) is 14.1 Å². The van der Waals surface area contributed by atoms with Crippen LogP contribution in [0.1, 0.15) is 33.1 Å². The number of sulfonamides is 1. The second kappa shape index (κ2) is 6.24. The van der Waals surface area contributed by atoms with Gasteiger partial charge in [-0.25, -0.2) is 8.42 Å². The van der Waals surface area contributed by atoms with E-state index in [1.54, 1.807) is 15.2 Å². The zero-order valence-corrected chi connectivity index (χ0v) is 12.9. The maximum absolute atomic E-state index is 12.6. The molecule has 2 heterocycles. The van der Waals surface area contributed by atoms with Gasteiger partial charge in [0.1, 0.15) is 4.90 Å². The normalized spacial score (nSPS) is 24.9. The van der Waals surface area contributed by atoms with E-state index >= 15 is 0 Å². The molecule has 20 heavy (non-hydrogen) atoms. The first-order valence-electron chi connectivity index (χ1n) is 7.10. The molecule has 0 aliphatic carbocycles. The summed E-state index contributed by atoms with van der Waals surface area (Å²) in [4.78, 5) is 0.247. The van der Waals surface area contributed by atoms with Gasteiger partial charge in [-0.05, 0) is 32.1 Å². The monoisotopic (exact) mass is 301 g/mol. The Kier molecular flexibility index (Phi) is 4.82. The minimum Gasteiger partial charge on any atom is -0.396 e. The first-order chi connectivity index (χ1) is 9.45. The van der Waals surface area contributed by atoms with Crippen LogP contribution in [0.15, 0.2) is 17.3 Å². The van der Waals surface area contributed by atoms with Gasteiger partial charge in [0.05, 0.1) is 6.20 Å². The van der Waals surface area contributed by atoms with E-state index in [1.807, 2.05) is 6.92 Å². The van der Waals surface area contributed by atoms with Crippen molar-refractivity contribution in [2.24, 2.45) is 5.92 Å². The zero-order chi connectivity index (χ0) is 14.8. The molecule has 1 aliphatic heterocycles. The fraction of sp³-hybridized carbons (Fsp3) is 0.769. The highest BCUT2D eigenvalue weighted by Gasteiger charge is 2.33. The molecule has 2 unspecified atom stereocenters. The van der Waals surface area contributed by atoms with Gasteiger partial charge in [0.25, 0.3) is 0 Å². The van der Waals surface area contributed by atoms with Crippen molar-refractivity contribution in [3.05, 3.63) is 12.4 Å². The highest BCUT2D eigenvalue weighted by Crippen LogP contribution is 2.27. The van der Waals surface area contributed by atoms with Crippen molar-refractivity contribution in [2.75, 3.05) is 13.2 Å². The molecule has 1 aliphatic rings. The summed E-state index contributed by atoms with van der Waals surface area (Å²) in [5.41, 5.74) is 0. The summed E-state index contributed by atoms with van der Waals surface area (Å²) in [6.07, 6.45) is 5.33. The molecular formula is C13H23N3O3S. The summed E-state index contributed by atoms with van der Waals surface area (Å²) in [6, 6.07) is 0.0320. The standard InChI is InChI=1S/C13H23N3O3S/c1-11-4-6-16(12(2)8-11)20(18,19)13-9-14-15(10-13)5-3-7-17/h9-12,17H,3-8H2,1-2H3. The number of nitrogens with zero attached hydrogens (tertiary/aromatic N) is 3. The Morgan fingerprint density at radius 1 is 1.45 bits per heavy atom. The first kappa shape index (κ1) is 15.5. The lowest BCUT2D eigenvalue weighted by atomic mass is 9.95. The molecule has 1 saturated heterocycles. The Hall–Kier alpha value is -0.920. The molecule has 1 aromatic rings. The molecule has 0 saturated carbocycles. The number of hydrogen-bond acceptors (Lipinski definition) is 4. The maximum atomic E-state index is 12.6. The average Bonchev–Trinajstić information content (AvgIpc) is 2.85. The Bertz CT molecular complexity index is 541. The van der Waals surface area contributed by atoms with Crippen molar-refractivity contribution >= 4 is 10.0 Å². The number of aliphatic hydroxyl groups excluding tert-OH is 1. The molecule has 114 valence electrons. The molecule has 2 atom stereocenters. The van der Waals surface area contributed by atoms with Crippen LogP contribution in [0.25, 0.3) is 0 Å². The molecule has 0 radical (unpaired) electrons. The predicted octanol–water partition coefficient (Wildman–Crippen LogP) is 1.07. The van der Waals surface area contributed by atoms with Crippen LogP contribution in [0, 0.1) is 5.92 Å². The molecular weight excluding hydrogens is 278 g/mol. The third kappa shape index (κ3) is 3.21. The molecule has 6 nitrogen and oxygen atoms in total. The predicted molar refractivity (Wildman–Crippen MR) is 75.7 cm³/mol. The molecule has 0 aromatic carbocycles. The third-order valence-electron chi connectivity index (χ3n) is 3.84. The highest BCUT2D eigenvalue weighted by atomic mass is 32.2. The number of aryl methyl sites for hydroxylation is 1. The topological polar surface area (TPSA) is 75.4 Å². The number of aromatic nitrogens is 2. The van der Waals surface area contributed by atoms with Crippen molar-refractivity contribution in [3.63, 3.8) is 0 Å². The van der Waals surface area contributed by atoms with Crippen LogP contribution < -0.4 is 0 Å². The summed E-state index contributed by atoms with van der Waals surface area (Å²) in [6.45, 7) is 5.30. The van der Waals surface area contributed by atoms with Crippen molar-refractivity contribution in [1.29, 1.82) is 0 Å². The van der Waals surface area contributed by atoms with E-state index in [2.05, 4.69) is 12.0 Å². The fourth-order valence-corrected chi connectivity index (χ4v) is 4.32. The summed E-state index contributed by atoms with van der Waals surface area (Å²) >= 11 is 0. The first-order valence-corrected chi connectivity index (χ1v) is 8.54. The van der Waals surface area contributed by atoms with Crippen LogP contribution in [-0.2, 0) is 16.6 Å². The van der Waals surface area contributed by atoms with Gasteiger partial charge in [0, 0.05) is 31.9 Å².